The second-order valence-corrected chi connectivity index (χ2v) is 7.43. The van der Waals surface area contributed by atoms with Gasteiger partial charge < -0.3 is 14.5 Å². The molecule has 0 aliphatic carbocycles. The molecule has 7 heteroatoms. The Morgan fingerprint density at radius 1 is 1.15 bits per heavy atom. The summed E-state index contributed by atoms with van der Waals surface area (Å²) >= 11 is 5.85. The maximum absolute atomic E-state index is 12.4. The first-order valence-electron chi connectivity index (χ1n) is 9.19. The molecule has 27 heavy (non-hydrogen) atoms. The standard InChI is InChI=1S/C20H25ClN4O2/c1-14(2)20-22-15(3)12-18(23-20)24-8-10-25(11-9-24)19(26)13-27-17-6-4-16(21)5-7-17/h4-7,12,14H,8-11,13H2,1-3H3. The molecule has 1 aromatic heterocycles. The van der Waals surface area contributed by atoms with E-state index < -0.39 is 0 Å². The van der Waals surface area contributed by atoms with Crippen LogP contribution in [-0.2, 0) is 4.79 Å². The highest BCUT2D eigenvalue weighted by Crippen LogP contribution is 2.19. The lowest BCUT2D eigenvalue weighted by molar-refractivity contribution is -0.133. The summed E-state index contributed by atoms with van der Waals surface area (Å²) < 4.78 is 5.56. The molecule has 1 fully saturated rings. The van der Waals surface area contributed by atoms with Crippen LogP contribution < -0.4 is 9.64 Å². The summed E-state index contributed by atoms with van der Waals surface area (Å²) in [5, 5.41) is 0.644. The molecule has 0 radical (unpaired) electrons. The first-order valence-corrected chi connectivity index (χ1v) is 9.57. The zero-order valence-electron chi connectivity index (χ0n) is 16.0. The third-order valence-electron chi connectivity index (χ3n) is 4.51. The predicted molar refractivity (Wildman–Crippen MR) is 107 cm³/mol. The van der Waals surface area contributed by atoms with Gasteiger partial charge in [0.1, 0.15) is 17.4 Å². The summed E-state index contributed by atoms with van der Waals surface area (Å²) in [6.07, 6.45) is 0. The van der Waals surface area contributed by atoms with Crippen LogP contribution >= 0.6 is 11.6 Å². The number of aromatic nitrogens is 2. The molecule has 0 saturated carbocycles. The fraction of sp³-hybridized carbons (Fsp3) is 0.450. The minimum atomic E-state index is -0.00802. The van der Waals surface area contributed by atoms with Gasteiger partial charge in [-0.1, -0.05) is 25.4 Å². The average Bonchev–Trinajstić information content (AvgIpc) is 2.67. The number of piperazine rings is 1. The van der Waals surface area contributed by atoms with Gasteiger partial charge in [0.05, 0.1) is 0 Å². The highest BCUT2D eigenvalue weighted by Gasteiger charge is 2.23. The lowest BCUT2D eigenvalue weighted by Crippen LogP contribution is -2.50. The Bertz CT molecular complexity index is 787. The van der Waals surface area contributed by atoms with E-state index in [0.29, 0.717) is 23.9 Å². The van der Waals surface area contributed by atoms with Crippen molar-refractivity contribution in [1.29, 1.82) is 0 Å². The van der Waals surface area contributed by atoms with Crippen molar-refractivity contribution in [3.8, 4) is 5.75 Å². The first-order chi connectivity index (χ1) is 12.9. The van der Waals surface area contributed by atoms with Crippen LogP contribution in [0.1, 0.15) is 31.3 Å². The van der Waals surface area contributed by atoms with E-state index in [4.69, 9.17) is 16.3 Å². The lowest BCUT2D eigenvalue weighted by Gasteiger charge is -2.35. The Morgan fingerprint density at radius 2 is 1.81 bits per heavy atom. The van der Waals surface area contributed by atoms with E-state index in [-0.39, 0.29) is 18.4 Å². The number of nitrogens with zero attached hydrogens (tertiary/aromatic N) is 4. The van der Waals surface area contributed by atoms with Gasteiger partial charge in [0.15, 0.2) is 6.61 Å². The van der Waals surface area contributed by atoms with Gasteiger partial charge in [0.2, 0.25) is 0 Å². The van der Waals surface area contributed by atoms with Crippen molar-refractivity contribution < 1.29 is 9.53 Å². The molecule has 0 unspecified atom stereocenters. The topological polar surface area (TPSA) is 58.6 Å². The molecule has 144 valence electrons. The van der Waals surface area contributed by atoms with E-state index in [1.807, 2.05) is 17.9 Å². The third-order valence-corrected chi connectivity index (χ3v) is 4.76. The molecule has 6 nitrogen and oxygen atoms in total. The Labute approximate surface area is 165 Å². The predicted octanol–water partition coefficient (Wildman–Crippen LogP) is 3.29. The number of ether oxygens (including phenoxy) is 1. The van der Waals surface area contributed by atoms with E-state index in [0.717, 1.165) is 30.4 Å². The smallest absolute Gasteiger partial charge is 0.260 e. The minimum absolute atomic E-state index is 0.00802. The fourth-order valence-electron chi connectivity index (χ4n) is 2.95. The van der Waals surface area contributed by atoms with Gasteiger partial charge in [0, 0.05) is 48.9 Å². The Morgan fingerprint density at radius 3 is 2.44 bits per heavy atom. The number of aryl methyl sites for hydroxylation is 1. The summed E-state index contributed by atoms with van der Waals surface area (Å²) in [5.41, 5.74) is 0.971. The highest BCUT2D eigenvalue weighted by molar-refractivity contribution is 6.30. The third kappa shape index (κ3) is 5.10. The van der Waals surface area contributed by atoms with Crippen LogP contribution in [0.5, 0.6) is 5.75 Å². The maximum atomic E-state index is 12.4. The van der Waals surface area contributed by atoms with E-state index >= 15 is 0 Å². The molecule has 1 amide bonds. The van der Waals surface area contributed by atoms with Gasteiger partial charge in [-0.05, 0) is 31.2 Å². The van der Waals surface area contributed by atoms with Crippen molar-refractivity contribution in [2.45, 2.75) is 26.7 Å². The molecule has 0 spiro atoms. The quantitative estimate of drug-likeness (QED) is 0.786. The van der Waals surface area contributed by atoms with Gasteiger partial charge in [-0.3, -0.25) is 4.79 Å². The molecule has 2 heterocycles. The van der Waals surface area contributed by atoms with Crippen LogP contribution in [0.4, 0.5) is 5.82 Å². The van der Waals surface area contributed by atoms with E-state index in [2.05, 4.69) is 28.7 Å². The molecule has 0 N–H and O–H groups in total. The normalized spacial score (nSPS) is 14.6. The molecule has 0 bridgehead atoms. The van der Waals surface area contributed by atoms with Crippen molar-refractivity contribution in [2.24, 2.45) is 0 Å². The largest absolute Gasteiger partial charge is 0.484 e. The zero-order valence-corrected chi connectivity index (χ0v) is 16.7. The van der Waals surface area contributed by atoms with E-state index in [1.165, 1.54) is 0 Å². The Hall–Kier alpha value is -2.34. The molecule has 2 aromatic rings. The summed E-state index contributed by atoms with van der Waals surface area (Å²) in [6, 6.07) is 9.02. The minimum Gasteiger partial charge on any atom is -0.484 e. The molecule has 1 saturated heterocycles. The number of anilines is 1. The summed E-state index contributed by atoms with van der Waals surface area (Å²) in [4.78, 5) is 25.6. The van der Waals surface area contributed by atoms with Gasteiger partial charge in [-0.15, -0.1) is 0 Å². The number of rotatable bonds is 5. The van der Waals surface area contributed by atoms with Crippen molar-refractivity contribution in [3.63, 3.8) is 0 Å². The Balaban J connectivity index is 1.54. The average molecular weight is 389 g/mol. The first kappa shape index (κ1) is 19.4. The molecule has 0 atom stereocenters. The SMILES string of the molecule is Cc1cc(N2CCN(C(=O)COc3ccc(Cl)cc3)CC2)nc(C(C)C)n1. The molecular formula is C20H25ClN4O2. The van der Waals surface area contributed by atoms with Crippen molar-refractivity contribution in [2.75, 3.05) is 37.7 Å². The highest BCUT2D eigenvalue weighted by atomic mass is 35.5. The second-order valence-electron chi connectivity index (χ2n) is 6.99. The summed E-state index contributed by atoms with van der Waals surface area (Å²) in [6.45, 7) is 9.02. The van der Waals surface area contributed by atoms with Gasteiger partial charge >= 0.3 is 0 Å². The number of carbonyl (C=O) groups is 1. The molecule has 3 rings (SSSR count). The molecule has 1 aliphatic rings. The van der Waals surface area contributed by atoms with Gasteiger partial charge in [-0.2, -0.15) is 0 Å². The van der Waals surface area contributed by atoms with Crippen LogP contribution in [0.3, 0.4) is 0 Å². The number of halogens is 1. The summed E-state index contributed by atoms with van der Waals surface area (Å²) in [5.74, 6) is 2.72. The summed E-state index contributed by atoms with van der Waals surface area (Å²) in [7, 11) is 0. The van der Waals surface area contributed by atoms with Gasteiger partial charge in [-0.25, -0.2) is 9.97 Å². The van der Waals surface area contributed by atoms with Crippen molar-refractivity contribution in [3.05, 3.63) is 46.9 Å². The number of carbonyl (C=O) groups excluding carboxylic acids is 1. The van der Waals surface area contributed by atoms with Crippen molar-refractivity contribution >= 4 is 23.3 Å². The van der Waals surface area contributed by atoms with Crippen LogP contribution in [0.25, 0.3) is 0 Å². The monoisotopic (exact) mass is 388 g/mol. The van der Waals surface area contributed by atoms with Gasteiger partial charge in [0.25, 0.3) is 5.91 Å². The number of hydrogen-bond acceptors (Lipinski definition) is 5. The maximum Gasteiger partial charge on any atom is 0.260 e. The number of amides is 1. The van der Waals surface area contributed by atoms with Crippen LogP contribution in [0.15, 0.2) is 30.3 Å². The number of hydrogen-bond donors (Lipinski definition) is 0. The van der Waals surface area contributed by atoms with E-state index in [9.17, 15) is 4.79 Å². The van der Waals surface area contributed by atoms with Crippen LogP contribution in [0, 0.1) is 6.92 Å². The lowest BCUT2D eigenvalue weighted by atomic mass is 10.2. The fourth-order valence-corrected chi connectivity index (χ4v) is 3.07. The number of benzene rings is 1. The zero-order chi connectivity index (χ0) is 19.4. The van der Waals surface area contributed by atoms with Crippen molar-refractivity contribution in [1.82, 2.24) is 14.9 Å². The second kappa shape index (κ2) is 8.57. The van der Waals surface area contributed by atoms with Crippen LogP contribution in [-0.4, -0.2) is 53.6 Å². The van der Waals surface area contributed by atoms with E-state index in [1.54, 1.807) is 24.3 Å². The molecular weight excluding hydrogens is 364 g/mol. The van der Waals surface area contributed by atoms with Crippen LogP contribution in [0.2, 0.25) is 5.02 Å². The Kier molecular flexibility index (Phi) is 6.16. The molecule has 1 aromatic carbocycles. The molecule has 1 aliphatic heterocycles.